The standard InChI is InChI=1S/C29H31FN2O6/c1-4-25(33)27(34)23-17-32(29(36)38-5-2)24-16-26(37-3)22(15-21(23)24)28(35)31-12-10-19(11-13-31)14-18-6-8-20(30)9-7-18/h6-9,15-17,19H,4-5,10-14H2,1-3H3. The van der Waals surface area contributed by atoms with Crippen molar-refractivity contribution < 1.29 is 33.0 Å². The van der Waals surface area contributed by atoms with Gasteiger partial charge in [-0.15, -0.1) is 0 Å². The Labute approximate surface area is 220 Å². The first-order chi connectivity index (χ1) is 18.3. The van der Waals surface area contributed by atoms with Crippen molar-refractivity contribution >= 4 is 34.5 Å². The predicted molar refractivity (Wildman–Crippen MR) is 139 cm³/mol. The van der Waals surface area contributed by atoms with E-state index >= 15 is 0 Å². The quantitative estimate of drug-likeness (QED) is 0.304. The molecule has 38 heavy (non-hydrogen) atoms. The number of Topliss-reactive ketones (excluding diaryl/α,β-unsaturated/α-hetero) is 2. The van der Waals surface area contributed by atoms with Crippen LogP contribution in [0.5, 0.6) is 5.75 Å². The molecule has 0 spiro atoms. The number of ether oxygens (including phenoxy) is 2. The van der Waals surface area contributed by atoms with Crippen LogP contribution in [0, 0.1) is 11.7 Å². The summed E-state index contributed by atoms with van der Waals surface area (Å²) in [6.07, 6.45) is 3.00. The molecule has 9 heteroatoms. The first-order valence-electron chi connectivity index (χ1n) is 12.8. The molecule has 0 bridgehead atoms. The van der Waals surface area contributed by atoms with Crippen molar-refractivity contribution in [2.24, 2.45) is 5.92 Å². The zero-order valence-corrected chi connectivity index (χ0v) is 21.8. The Kier molecular flexibility index (Phi) is 8.24. The van der Waals surface area contributed by atoms with Gasteiger partial charge < -0.3 is 14.4 Å². The summed E-state index contributed by atoms with van der Waals surface area (Å²) in [5.74, 6) is -1.22. The second kappa shape index (κ2) is 11.6. The highest BCUT2D eigenvalue weighted by molar-refractivity contribution is 6.45. The van der Waals surface area contributed by atoms with E-state index in [9.17, 15) is 23.6 Å². The van der Waals surface area contributed by atoms with Crippen molar-refractivity contribution in [3.8, 4) is 5.75 Å². The second-order valence-corrected chi connectivity index (χ2v) is 9.35. The molecular formula is C29H31FN2O6. The fourth-order valence-corrected chi connectivity index (χ4v) is 4.89. The number of hydrogen-bond acceptors (Lipinski definition) is 6. The van der Waals surface area contributed by atoms with Crippen molar-refractivity contribution in [3.63, 3.8) is 0 Å². The van der Waals surface area contributed by atoms with Crippen molar-refractivity contribution in [1.82, 2.24) is 9.47 Å². The van der Waals surface area contributed by atoms with Crippen molar-refractivity contribution in [3.05, 3.63) is 65.1 Å². The number of methoxy groups -OCH3 is 1. The molecule has 1 aromatic heterocycles. The largest absolute Gasteiger partial charge is 0.496 e. The maximum atomic E-state index is 13.6. The van der Waals surface area contributed by atoms with Crippen LogP contribution in [0.25, 0.3) is 10.9 Å². The van der Waals surface area contributed by atoms with Crippen LogP contribution in [0.2, 0.25) is 0 Å². The Morgan fingerprint density at radius 2 is 1.68 bits per heavy atom. The number of benzene rings is 2. The summed E-state index contributed by atoms with van der Waals surface area (Å²) in [6, 6.07) is 9.54. The van der Waals surface area contributed by atoms with Gasteiger partial charge in [0.2, 0.25) is 11.6 Å². The van der Waals surface area contributed by atoms with Gasteiger partial charge in [-0.3, -0.25) is 19.0 Å². The van der Waals surface area contributed by atoms with E-state index in [-0.39, 0.29) is 41.6 Å². The molecular weight excluding hydrogens is 491 g/mol. The number of piperidine rings is 1. The third-order valence-corrected chi connectivity index (χ3v) is 6.98. The van der Waals surface area contributed by atoms with E-state index in [1.807, 2.05) is 0 Å². The van der Waals surface area contributed by atoms with Crippen LogP contribution in [0.1, 0.15) is 59.4 Å². The van der Waals surface area contributed by atoms with E-state index < -0.39 is 17.7 Å². The van der Waals surface area contributed by atoms with Gasteiger partial charge in [-0.2, -0.15) is 0 Å². The Balaban J connectivity index is 1.62. The average molecular weight is 523 g/mol. The van der Waals surface area contributed by atoms with Crippen LogP contribution < -0.4 is 4.74 Å². The Hall–Kier alpha value is -4.01. The van der Waals surface area contributed by atoms with E-state index in [1.54, 1.807) is 30.9 Å². The molecule has 2 aromatic carbocycles. The summed E-state index contributed by atoms with van der Waals surface area (Å²) < 4.78 is 25.0. The number of carbonyl (C=O) groups is 4. The average Bonchev–Trinajstić information content (AvgIpc) is 3.31. The number of hydrogen-bond donors (Lipinski definition) is 0. The summed E-state index contributed by atoms with van der Waals surface area (Å²) in [5, 5.41) is 0.306. The van der Waals surface area contributed by atoms with Gasteiger partial charge in [-0.1, -0.05) is 19.1 Å². The van der Waals surface area contributed by atoms with Gasteiger partial charge in [0.05, 0.1) is 30.4 Å². The molecule has 1 aliphatic rings. The first-order valence-corrected chi connectivity index (χ1v) is 12.8. The Morgan fingerprint density at radius 1 is 1.00 bits per heavy atom. The zero-order valence-electron chi connectivity index (χ0n) is 21.8. The van der Waals surface area contributed by atoms with E-state index in [1.165, 1.54) is 37.6 Å². The number of likely N-dealkylation sites (tertiary alicyclic amines) is 1. The summed E-state index contributed by atoms with van der Waals surface area (Å²) in [7, 11) is 1.43. The Morgan fingerprint density at radius 3 is 2.29 bits per heavy atom. The molecule has 1 saturated heterocycles. The van der Waals surface area contributed by atoms with Crippen LogP contribution >= 0.6 is 0 Å². The van der Waals surface area contributed by atoms with Crippen LogP contribution in [0.4, 0.5) is 9.18 Å². The van der Waals surface area contributed by atoms with Crippen LogP contribution in [-0.4, -0.2) is 59.8 Å². The highest BCUT2D eigenvalue weighted by Crippen LogP contribution is 2.32. The third kappa shape index (κ3) is 5.46. The highest BCUT2D eigenvalue weighted by Gasteiger charge is 2.29. The van der Waals surface area contributed by atoms with E-state index in [4.69, 9.17) is 9.47 Å². The van der Waals surface area contributed by atoms with Crippen molar-refractivity contribution in [1.29, 1.82) is 0 Å². The maximum Gasteiger partial charge on any atom is 0.418 e. The minimum absolute atomic E-state index is 0.0136. The molecule has 1 aliphatic heterocycles. The van der Waals surface area contributed by atoms with Crippen LogP contribution in [0.15, 0.2) is 42.6 Å². The van der Waals surface area contributed by atoms with Gasteiger partial charge in [-0.05, 0) is 55.9 Å². The van der Waals surface area contributed by atoms with Crippen molar-refractivity contribution in [2.75, 3.05) is 26.8 Å². The van der Waals surface area contributed by atoms with Crippen molar-refractivity contribution in [2.45, 2.75) is 39.5 Å². The summed E-state index contributed by atoms with van der Waals surface area (Å²) in [4.78, 5) is 53.0. The Bertz CT molecular complexity index is 1370. The molecule has 200 valence electrons. The summed E-state index contributed by atoms with van der Waals surface area (Å²) in [5.41, 5.74) is 1.65. The molecule has 0 saturated carbocycles. The number of rotatable bonds is 8. The second-order valence-electron chi connectivity index (χ2n) is 9.35. The summed E-state index contributed by atoms with van der Waals surface area (Å²) >= 11 is 0. The number of fused-ring (bicyclic) bond motifs is 1. The molecule has 2 heterocycles. The maximum absolute atomic E-state index is 13.6. The molecule has 0 aliphatic carbocycles. The monoisotopic (exact) mass is 522 g/mol. The van der Waals surface area contributed by atoms with Crippen LogP contribution in [-0.2, 0) is 16.0 Å². The number of aromatic nitrogens is 1. The molecule has 0 unspecified atom stereocenters. The van der Waals surface area contributed by atoms with Gasteiger partial charge in [0, 0.05) is 37.2 Å². The van der Waals surface area contributed by atoms with E-state index in [0.29, 0.717) is 29.9 Å². The highest BCUT2D eigenvalue weighted by atomic mass is 19.1. The van der Waals surface area contributed by atoms with Gasteiger partial charge in [-0.25, -0.2) is 9.18 Å². The number of ketones is 2. The van der Waals surface area contributed by atoms with Gasteiger partial charge >= 0.3 is 6.09 Å². The lowest BCUT2D eigenvalue weighted by atomic mass is 9.90. The number of amides is 1. The molecule has 0 atom stereocenters. The minimum Gasteiger partial charge on any atom is -0.496 e. The molecule has 3 aromatic rings. The number of nitrogens with zero attached hydrogens (tertiary/aromatic N) is 2. The van der Waals surface area contributed by atoms with Crippen LogP contribution in [0.3, 0.4) is 0 Å². The lowest BCUT2D eigenvalue weighted by Gasteiger charge is -2.32. The molecule has 0 radical (unpaired) electrons. The number of halogens is 1. The fourth-order valence-electron chi connectivity index (χ4n) is 4.89. The SMILES string of the molecule is CCOC(=O)n1cc(C(=O)C(=O)CC)c2cc(C(=O)N3CCC(Cc4ccc(F)cc4)CC3)c(OC)cc21. The van der Waals surface area contributed by atoms with E-state index in [0.717, 1.165) is 29.4 Å². The molecule has 1 amide bonds. The number of carbonyl (C=O) groups excluding carboxylic acids is 4. The van der Waals surface area contributed by atoms with Gasteiger partial charge in [0.1, 0.15) is 11.6 Å². The smallest absolute Gasteiger partial charge is 0.418 e. The third-order valence-electron chi connectivity index (χ3n) is 6.98. The molecule has 1 fully saturated rings. The topological polar surface area (TPSA) is 94.9 Å². The first kappa shape index (κ1) is 27.0. The molecule has 8 nitrogen and oxygen atoms in total. The molecule has 4 rings (SSSR count). The predicted octanol–water partition coefficient (Wildman–Crippen LogP) is 5.05. The summed E-state index contributed by atoms with van der Waals surface area (Å²) in [6.45, 7) is 4.45. The zero-order chi connectivity index (χ0) is 27.4. The van der Waals surface area contributed by atoms with Gasteiger partial charge in [0.15, 0.2) is 0 Å². The van der Waals surface area contributed by atoms with Gasteiger partial charge in [0.25, 0.3) is 5.91 Å². The normalized spacial score (nSPS) is 13.9. The lowest BCUT2D eigenvalue weighted by molar-refractivity contribution is -0.114. The minimum atomic E-state index is -0.731. The van der Waals surface area contributed by atoms with E-state index in [2.05, 4.69) is 0 Å². The fraction of sp³-hybridized carbons (Fsp3) is 0.379. The molecule has 0 N–H and O–H groups in total. The lowest BCUT2D eigenvalue weighted by Crippen LogP contribution is -2.39.